The average Bonchev–Trinajstić information content (AvgIpc) is 1.88. The summed E-state index contributed by atoms with van der Waals surface area (Å²) in [4.78, 5) is 10.1. The van der Waals surface area contributed by atoms with Gasteiger partial charge < -0.3 is 10.5 Å². The van der Waals surface area contributed by atoms with Crippen molar-refractivity contribution in [2.24, 2.45) is 5.10 Å². The topological polar surface area (TPSA) is 61.7 Å². The molecule has 4 heteroatoms. The zero-order chi connectivity index (χ0) is 7.98. The fourth-order valence-corrected chi connectivity index (χ4v) is 0.277. The second-order valence-electron chi connectivity index (χ2n) is 1.65. The smallest absolute Gasteiger partial charge is 0.351 e. The Balaban J connectivity index is 3.68. The molecule has 0 aliphatic rings. The van der Waals surface area contributed by atoms with Gasteiger partial charge in [0.15, 0.2) is 0 Å². The van der Waals surface area contributed by atoms with Crippen LogP contribution in [-0.4, -0.2) is 23.3 Å². The maximum atomic E-state index is 10.1. The lowest BCUT2D eigenvalue weighted by atomic mass is 10.4. The Morgan fingerprint density at radius 3 is 2.90 bits per heavy atom. The Morgan fingerprint density at radius 1 is 1.90 bits per heavy atom. The number of hydrogen-bond acceptors (Lipinski definition) is 3. The average molecular weight is 142 g/mol. The molecule has 0 aromatic heterocycles. The van der Waals surface area contributed by atoms with Gasteiger partial charge in [0.05, 0.1) is 6.54 Å². The van der Waals surface area contributed by atoms with Gasteiger partial charge in [0.25, 0.3) is 0 Å². The third-order valence-corrected chi connectivity index (χ3v) is 0.792. The molecule has 0 aromatic rings. The lowest BCUT2D eigenvalue weighted by Gasteiger charge is -1.93. The van der Waals surface area contributed by atoms with Crippen LogP contribution in [0.2, 0.25) is 0 Å². The van der Waals surface area contributed by atoms with Gasteiger partial charge in [0, 0.05) is 0 Å². The van der Waals surface area contributed by atoms with Gasteiger partial charge in [-0.05, 0) is 6.92 Å². The fourth-order valence-electron chi connectivity index (χ4n) is 0.277. The van der Waals surface area contributed by atoms with Gasteiger partial charge in [-0.25, -0.2) is 4.79 Å². The highest BCUT2D eigenvalue weighted by Gasteiger charge is 1.98. The summed E-state index contributed by atoms with van der Waals surface area (Å²) in [7, 11) is 0. The molecular weight excluding hydrogens is 132 g/mol. The third kappa shape index (κ3) is 3.65. The van der Waals surface area contributed by atoms with Crippen LogP contribution in [0.15, 0.2) is 17.8 Å². The van der Waals surface area contributed by atoms with Crippen LogP contribution in [0, 0.1) is 0 Å². The fraction of sp³-hybridized carbons (Fsp3) is 0.333. The Morgan fingerprint density at radius 2 is 2.50 bits per heavy atom. The van der Waals surface area contributed by atoms with Crippen molar-refractivity contribution < 1.29 is 9.90 Å². The van der Waals surface area contributed by atoms with E-state index < -0.39 is 5.97 Å². The molecule has 0 heterocycles. The van der Waals surface area contributed by atoms with Crippen LogP contribution in [0.5, 0.6) is 0 Å². The minimum absolute atomic E-state index is 0.0434. The van der Waals surface area contributed by atoms with E-state index in [-0.39, 0.29) is 5.71 Å². The summed E-state index contributed by atoms with van der Waals surface area (Å²) in [6, 6.07) is 0. The highest BCUT2D eigenvalue weighted by atomic mass is 16.4. The van der Waals surface area contributed by atoms with Crippen molar-refractivity contribution in [3.05, 3.63) is 12.7 Å². The second-order valence-corrected chi connectivity index (χ2v) is 1.65. The van der Waals surface area contributed by atoms with Crippen LogP contribution < -0.4 is 5.43 Å². The first-order chi connectivity index (χ1) is 4.68. The number of aliphatic carboxylic acids is 1. The van der Waals surface area contributed by atoms with Crippen molar-refractivity contribution in [2.75, 3.05) is 6.54 Å². The molecule has 0 spiro atoms. The summed E-state index contributed by atoms with van der Waals surface area (Å²) in [5.74, 6) is -1.02. The quantitative estimate of drug-likeness (QED) is 0.255. The van der Waals surface area contributed by atoms with Crippen LogP contribution >= 0.6 is 0 Å². The van der Waals surface area contributed by atoms with E-state index in [9.17, 15) is 4.79 Å². The Bertz CT molecular complexity index is 163. The van der Waals surface area contributed by atoms with Crippen LogP contribution in [0.1, 0.15) is 6.92 Å². The Kier molecular flexibility index (Phi) is 3.95. The lowest BCUT2D eigenvalue weighted by molar-refractivity contribution is -0.129. The first kappa shape index (κ1) is 8.68. The number of nitrogens with zero attached hydrogens (tertiary/aromatic N) is 1. The third-order valence-electron chi connectivity index (χ3n) is 0.792. The monoisotopic (exact) mass is 142 g/mol. The second kappa shape index (κ2) is 4.55. The van der Waals surface area contributed by atoms with E-state index in [1.165, 1.54) is 6.92 Å². The number of hydrogen-bond donors (Lipinski definition) is 2. The molecule has 0 aliphatic heterocycles. The van der Waals surface area contributed by atoms with Crippen LogP contribution in [0.4, 0.5) is 0 Å². The molecular formula is C6H10N2O2. The summed E-state index contributed by atoms with van der Waals surface area (Å²) < 4.78 is 0. The summed E-state index contributed by atoms with van der Waals surface area (Å²) in [6.45, 7) is 5.32. The van der Waals surface area contributed by atoms with Gasteiger partial charge in [0.2, 0.25) is 0 Å². The van der Waals surface area contributed by atoms with Crippen molar-refractivity contribution in [2.45, 2.75) is 6.92 Å². The van der Waals surface area contributed by atoms with E-state index in [1.807, 2.05) is 0 Å². The van der Waals surface area contributed by atoms with Gasteiger partial charge in [-0.3, -0.25) is 0 Å². The first-order valence-electron chi connectivity index (χ1n) is 2.79. The molecule has 0 saturated carbocycles. The summed E-state index contributed by atoms with van der Waals surface area (Å²) in [5, 5.41) is 11.8. The normalized spacial score (nSPS) is 10.7. The van der Waals surface area contributed by atoms with Gasteiger partial charge in [0.1, 0.15) is 5.71 Å². The lowest BCUT2D eigenvalue weighted by Crippen LogP contribution is -2.14. The molecule has 0 aliphatic carbocycles. The molecule has 4 nitrogen and oxygen atoms in total. The molecule has 0 unspecified atom stereocenters. The standard InChI is InChI=1S/C6H10N2O2/c1-3-4-7-8-5(2)6(9)10/h3,7H,1,4H2,2H3,(H,9,10)/b8-5-. The van der Waals surface area contributed by atoms with Gasteiger partial charge >= 0.3 is 5.97 Å². The number of carboxylic acid groups (broad SMARTS) is 1. The van der Waals surface area contributed by atoms with Crippen molar-refractivity contribution in [3.8, 4) is 0 Å². The molecule has 0 fully saturated rings. The number of hydrazone groups is 1. The predicted octanol–water partition coefficient (Wildman–Crippen LogP) is 0.223. The first-order valence-corrected chi connectivity index (χ1v) is 2.79. The summed E-state index contributed by atoms with van der Waals surface area (Å²) in [6.07, 6.45) is 1.60. The maximum absolute atomic E-state index is 10.1. The maximum Gasteiger partial charge on any atom is 0.351 e. The number of carboxylic acids is 1. The largest absolute Gasteiger partial charge is 0.477 e. The zero-order valence-electron chi connectivity index (χ0n) is 5.79. The minimum atomic E-state index is -1.02. The Labute approximate surface area is 59.2 Å². The van der Waals surface area contributed by atoms with Crippen molar-refractivity contribution in [1.29, 1.82) is 0 Å². The molecule has 56 valence electrons. The minimum Gasteiger partial charge on any atom is -0.477 e. The van der Waals surface area contributed by atoms with Gasteiger partial charge in [-0.15, -0.1) is 6.58 Å². The highest BCUT2D eigenvalue weighted by molar-refractivity contribution is 6.34. The Hall–Kier alpha value is -1.32. The van der Waals surface area contributed by atoms with E-state index >= 15 is 0 Å². The van der Waals surface area contributed by atoms with E-state index in [2.05, 4.69) is 17.1 Å². The van der Waals surface area contributed by atoms with E-state index in [4.69, 9.17) is 5.11 Å². The number of rotatable bonds is 4. The molecule has 0 atom stereocenters. The molecule has 10 heavy (non-hydrogen) atoms. The molecule has 0 radical (unpaired) electrons. The zero-order valence-corrected chi connectivity index (χ0v) is 5.79. The molecule has 0 bridgehead atoms. The predicted molar refractivity (Wildman–Crippen MR) is 38.9 cm³/mol. The van der Waals surface area contributed by atoms with Crippen LogP contribution in [0.3, 0.4) is 0 Å². The van der Waals surface area contributed by atoms with Crippen molar-refractivity contribution in [3.63, 3.8) is 0 Å². The molecule has 2 N–H and O–H groups in total. The summed E-state index contributed by atoms with van der Waals surface area (Å²) in [5.41, 5.74) is 2.55. The van der Waals surface area contributed by atoms with Crippen molar-refractivity contribution in [1.82, 2.24) is 5.43 Å². The number of nitrogens with one attached hydrogen (secondary N) is 1. The van der Waals surface area contributed by atoms with Gasteiger partial charge in [-0.2, -0.15) is 5.10 Å². The summed E-state index contributed by atoms with van der Waals surface area (Å²) >= 11 is 0. The van der Waals surface area contributed by atoms with Gasteiger partial charge in [-0.1, -0.05) is 6.08 Å². The van der Waals surface area contributed by atoms with E-state index in [0.717, 1.165) is 0 Å². The number of carbonyl (C=O) groups is 1. The van der Waals surface area contributed by atoms with Crippen LogP contribution in [0.25, 0.3) is 0 Å². The SMILES string of the molecule is C=CCN/N=C(/C)C(=O)O. The van der Waals surface area contributed by atoms with Crippen molar-refractivity contribution >= 4 is 11.7 Å². The molecule has 0 amide bonds. The van der Waals surface area contributed by atoms with Crippen LogP contribution in [-0.2, 0) is 4.79 Å². The van der Waals surface area contributed by atoms with E-state index in [1.54, 1.807) is 6.08 Å². The molecule has 0 aromatic carbocycles. The molecule has 0 saturated heterocycles. The molecule has 0 rings (SSSR count). The van der Waals surface area contributed by atoms with E-state index in [0.29, 0.717) is 6.54 Å². The highest BCUT2D eigenvalue weighted by Crippen LogP contribution is 1.73.